The largest absolute Gasteiger partial charge is 0.359 e. The molecule has 0 atom stereocenters. The van der Waals surface area contributed by atoms with E-state index in [0.717, 1.165) is 22.2 Å². The fourth-order valence-corrected chi connectivity index (χ4v) is 4.46. The maximum absolute atomic E-state index is 12.7. The van der Waals surface area contributed by atoms with E-state index in [4.69, 9.17) is 0 Å². The molecule has 0 radical (unpaired) electrons. The lowest BCUT2D eigenvalue weighted by Gasteiger charge is -2.25. The Morgan fingerprint density at radius 1 is 1.08 bits per heavy atom. The molecular weight excluding hydrogens is 322 g/mol. The second-order valence-corrected chi connectivity index (χ2v) is 7.70. The van der Waals surface area contributed by atoms with Gasteiger partial charge in [-0.15, -0.1) is 0 Å². The van der Waals surface area contributed by atoms with Crippen LogP contribution in [0.4, 0.5) is 0 Å². The van der Waals surface area contributed by atoms with Gasteiger partial charge in [-0.2, -0.15) is 4.31 Å². The van der Waals surface area contributed by atoms with Crippen molar-refractivity contribution in [1.82, 2.24) is 14.3 Å². The standard InChI is InChI=1S/C18H17N3O2S/c22-24(23,15-5-2-1-3-6-15)21-11-8-14(9-12-21)16-13-20-17-7-4-10-19-18(16)17/h1-8,10,13,20H,9,11-12H2. The number of nitrogens with one attached hydrogen (secondary N) is 1. The van der Waals surface area contributed by atoms with Crippen LogP contribution in [-0.4, -0.2) is 35.8 Å². The predicted octanol–water partition coefficient (Wildman–Crippen LogP) is 3.04. The van der Waals surface area contributed by atoms with Gasteiger partial charge >= 0.3 is 0 Å². The molecule has 5 nitrogen and oxygen atoms in total. The molecule has 0 amide bonds. The van der Waals surface area contributed by atoms with Crippen LogP contribution in [0, 0.1) is 0 Å². The number of hydrogen-bond donors (Lipinski definition) is 1. The molecule has 122 valence electrons. The van der Waals surface area contributed by atoms with E-state index in [1.165, 1.54) is 4.31 Å². The molecule has 1 aliphatic heterocycles. The summed E-state index contributed by atoms with van der Waals surface area (Å²) < 4.78 is 26.9. The fraction of sp³-hybridized carbons (Fsp3) is 0.167. The van der Waals surface area contributed by atoms with Gasteiger partial charge in [0.1, 0.15) is 0 Å². The van der Waals surface area contributed by atoms with E-state index >= 15 is 0 Å². The van der Waals surface area contributed by atoms with Crippen LogP contribution in [0.1, 0.15) is 12.0 Å². The number of H-pyrrole nitrogens is 1. The number of sulfonamides is 1. The lowest BCUT2D eigenvalue weighted by Crippen LogP contribution is -2.34. The van der Waals surface area contributed by atoms with Crippen molar-refractivity contribution in [3.8, 4) is 0 Å². The summed E-state index contributed by atoms with van der Waals surface area (Å²) in [5, 5.41) is 0. The number of rotatable bonds is 3. The monoisotopic (exact) mass is 339 g/mol. The van der Waals surface area contributed by atoms with Crippen LogP contribution in [-0.2, 0) is 10.0 Å². The Balaban J connectivity index is 1.62. The Labute approximate surface area is 140 Å². The Hall–Kier alpha value is -2.44. The number of hydrogen-bond acceptors (Lipinski definition) is 3. The highest BCUT2D eigenvalue weighted by Gasteiger charge is 2.26. The minimum atomic E-state index is -3.43. The van der Waals surface area contributed by atoms with Gasteiger partial charge in [0.15, 0.2) is 0 Å². The van der Waals surface area contributed by atoms with E-state index in [-0.39, 0.29) is 0 Å². The SMILES string of the molecule is O=S(=O)(c1ccccc1)N1CC=C(c2c[nH]c3cccnc23)CC1. The zero-order valence-corrected chi connectivity index (χ0v) is 13.8. The summed E-state index contributed by atoms with van der Waals surface area (Å²) in [6.07, 6.45) is 6.39. The Bertz CT molecular complexity index is 1010. The molecular formula is C18H17N3O2S. The number of fused-ring (bicyclic) bond motifs is 1. The van der Waals surface area contributed by atoms with E-state index in [0.29, 0.717) is 24.4 Å². The van der Waals surface area contributed by atoms with Crippen molar-refractivity contribution < 1.29 is 8.42 Å². The van der Waals surface area contributed by atoms with Crippen LogP contribution in [0.3, 0.4) is 0 Å². The number of benzene rings is 1. The highest BCUT2D eigenvalue weighted by Crippen LogP contribution is 2.29. The molecule has 0 saturated heterocycles. The van der Waals surface area contributed by atoms with E-state index < -0.39 is 10.0 Å². The van der Waals surface area contributed by atoms with E-state index in [2.05, 4.69) is 9.97 Å². The van der Waals surface area contributed by atoms with E-state index in [1.807, 2.05) is 30.5 Å². The lowest BCUT2D eigenvalue weighted by molar-refractivity contribution is 0.441. The third-order valence-electron chi connectivity index (χ3n) is 4.33. The van der Waals surface area contributed by atoms with Gasteiger partial charge in [0, 0.05) is 31.0 Å². The number of aromatic nitrogens is 2. The average molecular weight is 339 g/mol. The van der Waals surface area contributed by atoms with Crippen LogP contribution in [0.15, 0.2) is 65.8 Å². The summed E-state index contributed by atoms with van der Waals surface area (Å²) in [6, 6.07) is 12.5. The van der Waals surface area contributed by atoms with Gasteiger partial charge in [0.2, 0.25) is 10.0 Å². The first-order chi connectivity index (χ1) is 11.7. The summed E-state index contributed by atoms with van der Waals surface area (Å²) in [7, 11) is -3.43. The molecule has 6 heteroatoms. The summed E-state index contributed by atoms with van der Waals surface area (Å²) in [5.41, 5.74) is 4.12. The summed E-state index contributed by atoms with van der Waals surface area (Å²) in [6.45, 7) is 0.856. The van der Waals surface area contributed by atoms with Crippen LogP contribution < -0.4 is 0 Å². The van der Waals surface area contributed by atoms with Crippen LogP contribution in [0.5, 0.6) is 0 Å². The van der Waals surface area contributed by atoms with Crippen LogP contribution >= 0.6 is 0 Å². The second kappa shape index (κ2) is 5.89. The molecule has 0 fully saturated rings. The maximum Gasteiger partial charge on any atom is 0.243 e. The number of pyridine rings is 1. The second-order valence-electron chi connectivity index (χ2n) is 5.76. The first kappa shape index (κ1) is 15.1. The zero-order chi connectivity index (χ0) is 16.6. The molecule has 0 unspecified atom stereocenters. The summed E-state index contributed by atoms with van der Waals surface area (Å²) >= 11 is 0. The quantitative estimate of drug-likeness (QED) is 0.797. The molecule has 1 aromatic carbocycles. The number of nitrogens with zero attached hydrogens (tertiary/aromatic N) is 2. The molecule has 0 aliphatic carbocycles. The molecule has 1 N–H and O–H groups in total. The highest BCUT2D eigenvalue weighted by molar-refractivity contribution is 7.89. The molecule has 24 heavy (non-hydrogen) atoms. The Morgan fingerprint density at radius 3 is 2.67 bits per heavy atom. The topological polar surface area (TPSA) is 66.1 Å². The van der Waals surface area contributed by atoms with Gasteiger partial charge in [0.25, 0.3) is 0 Å². The molecule has 2 aromatic heterocycles. The Morgan fingerprint density at radius 2 is 1.92 bits per heavy atom. The van der Waals surface area contributed by atoms with Gasteiger partial charge in [-0.1, -0.05) is 24.3 Å². The molecule has 0 saturated carbocycles. The fourth-order valence-electron chi connectivity index (χ4n) is 3.05. The van der Waals surface area contributed by atoms with Crippen LogP contribution in [0.2, 0.25) is 0 Å². The first-order valence-electron chi connectivity index (χ1n) is 7.83. The minimum absolute atomic E-state index is 0.343. The van der Waals surface area contributed by atoms with Gasteiger partial charge in [-0.05, 0) is 36.3 Å². The van der Waals surface area contributed by atoms with Crippen LogP contribution in [0.25, 0.3) is 16.6 Å². The van der Waals surface area contributed by atoms with Gasteiger partial charge in [-0.25, -0.2) is 8.42 Å². The average Bonchev–Trinajstić information content (AvgIpc) is 3.07. The van der Waals surface area contributed by atoms with E-state index in [1.54, 1.807) is 30.5 Å². The van der Waals surface area contributed by atoms with Crippen molar-refractivity contribution in [2.24, 2.45) is 0 Å². The van der Waals surface area contributed by atoms with Crippen molar-refractivity contribution in [1.29, 1.82) is 0 Å². The van der Waals surface area contributed by atoms with Gasteiger partial charge < -0.3 is 4.98 Å². The molecule has 1 aliphatic rings. The smallest absolute Gasteiger partial charge is 0.243 e. The van der Waals surface area contributed by atoms with Crippen molar-refractivity contribution in [2.45, 2.75) is 11.3 Å². The molecule has 3 heterocycles. The molecule has 4 rings (SSSR count). The Kier molecular flexibility index (Phi) is 3.70. The zero-order valence-electron chi connectivity index (χ0n) is 13.0. The lowest BCUT2D eigenvalue weighted by atomic mass is 10.0. The molecule has 3 aromatic rings. The molecule has 0 spiro atoms. The predicted molar refractivity (Wildman–Crippen MR) is 93.9 cm³/mol. The van der Waals surface area contributed by atoms with Gasteiger partial charge in [-0.3, -0.25) is 4.98 Å². The van der Waals surface area contributed by atoms with Crippen molar-refractivity contribution >= 4 is 26.6 Å². The number of aromatic amines is 1. The van der Waals surface area contributed by atoms with Crippen molar-refractivity contribution in [3.05, 3.63) is 66.5 Å². The third kappa shape index (κ3) is 2.53. The van der Waals surface area contributed by atoms with Gasteiger partial charge in [0.05, 0.1) is 15.9 Å². The highest BCUT2D eigenvalue weighted by atomic mass is 32.2. The van der Waals surface area contributed by atoms with Crippen molar-refractivity contribution in [3.63, 3.8) is 0 Å². The normalized spacial score (nSPS) is 16.2. The van der Waals surface area contributed by atoms with E-state index in [9.17, 15) is 8.42 Å². The molecule has 0 bridgehead atoms. The maximum atomic E-state index is 12.7. The third-order valence-corrected chi connectivity index (χ3v) is 6.21. The minimum Gasteiger partial charge on any atom is -0.359 e. The summed E-state index contributed by atoms with van der Waals surface area (Å²) in [5.74, 6) is 0. The first-order valence-corrected chi connectivity index (χ1v) is 9.27. The van der Waals surface area contributed by atoms with Crippen molar-refractivity contribution in [2.75, 3.05) is 13.1 Å². The summed E-state index contributed by atoms with van der Waals surface area (Å²) in [4.78, 5) is 7.99.